The number of aromatic nitrogens is 4. The lowest BCUT2D eigenvalue weighted by Crippen LogP contribution is -2.45. The van der Waals surface area contributed by atoms with E-state index in [-0.39, 0.29) is 36.8 Å². The zero-order chi connectivity index (χ0) is 47.1. The fraction of sp³-hybridized carbons (Fsp3) is 0.423. The lowest BCUT2D eigenvalue weighted by Gasteiger charge is -2.32. The molecule has 1 amide bonds. The minimum atomic E-state index is -1.30. The predicted octanol–water partition coefficient (Wildman–Crippen LogP) is 9.40. The van der Waals surface area contributed by atoms with Crippen LogP contribution in [0.15, 0.2) is 73.1 Å². The number of amides is 1. The first kappa shape index (κ1) is 47.2. The number of rotatable bonds is 18. The molecule has 3 aliphatic rings. The van der Waals surface area contributed by atoms with E-state index in [9.17, 15) is 14.7 Å². The summed E-state index contributed by atoms with van der Waals surface area (Å²) in [5, 5.41) is 15.1. The summed E-state index contributed by atoms with van der Waals surface area (Å²) in [6.45, 7) is 7.52. The lowest BCUT2D eigenvalue weighted by atomic mass is 9.79. The molecule has 0 spiro atoms. The van der Waals surface area contributed by atoms with Crippen molar-refractivity contribution in [2.45, 2.75) is 89.4 Å². The van der Waals surface area contributed by atoms with Crippen molar-refractivity contribution in [1.82, 2.24) is 34.4 Å². The fourth-order valence-electron chi connectivity index (χ4n) is 9.29. The summed E-state index contributed by atoms with van der Waals surface area (Å²) in [4.78, 5) is 45.2. The average molecular weight is 961 g/mol. The predicted molar refractivity (Wildman–Crippen MR) is 264 cm³/mol. The molecule has 2 saturated carbocycles. The van der Waals surface area contributed by atoms with E-state index in [1.807, 2.05) is 43.5 Å². The molecular formula is C52H58ClN7O7S. The van der Waals surface area contributed by atoms with Crippen molar-refractivity contribution in [3.63, 3.8) is 0 Å². The van der Waals surface area contributed by atoms with Crippen LogP contribution in [0.2, 0.25) is 5.02 Å². The number of carboxylic acid groups (broad SMARTS) is 1. The van der Waals surface area contributed by atoms with E-state index in [0.717, 1.165) is 110 Å². The summed E-state index contributed by atoms with van der Waals surface area (Å²) >= 11 is 8.32. The lowest BCUT2D eigenvalue weighted by molar-refractivity contribution is -0.145. The molecule has 3 aromatic carbocycles. The topological polar surface area (TPSA) is 161 Å². The Morgan fingerprint density at radius 2 is 1.71 bits per heavy atom. The molecule has 356 valence electrons. The summed E-state index contributed by atoms with van der Waals surface area (Å²) in [6, 6.07) is 18.5. The Morgan fingerprint density at radius 1 is 0.912 bits per heavy atom. The van der Waals surface area contributed by atoms with Crippen LogP contribution in [0.1, 0.15) is 90.2 Å². The number of nitrogens with zero attached hydrogens (tertiary/aromatic N) is 6. The van der Waals surface area contributed by atoms with Crippen molar-refractivity contribution in [3.05, 3.63) is 106 Å². The number of halogens is 1. The highest BCUT2D eigenvalue weighted by molar-refractivity contribution is 7.13. The highest BCUT2D eigenvalue weighted by Gasteiger charge is 2.31. The molecule has 9 rings (SSSR count). The number of nitrogens with one attached hydrogen (secondary N) is 1. The van der Waals surface area contributed by atoms with Crippen LogP contribution in [0.4, 0.5) is 0 Å². The van der Waals surface area contributed by atoms with Crippen LogP contribution in [0.5, 0.6) is 23.1 Å². The summed E-state index contributed by atoms with van der Waals surface area (Å²) in [5.74, 6) is 1.23. The van der Waals surface area contributed by atoms with Crippen molar-refractivity contribution in [2.75, 3.05) is 53.5 Å². The van der Waals surface area contributed by atoms with Gasteiger partial charge < -0.3 is 34.3 Å². The number of hydrogen-bond donors (Lipinski definition) is 2. The number of methoxy groups -OCH3 is 1. The minimum absolute atomic E-state index is 0.00164. The average Bonchev–Trinajstić information content (AvgIpc) is 3.75. The first-order chi connectivity index (χ1) is 33.1. The van der Waals surface area contributed by atoms with E-state index in [4.69, 9.17) is 44.9 Å². The summed E-state index contributed by atoms with van der Waals surface area (Å²) in [5.41, 5.74) is 5.91. The number of fused-ring (bicyclic) bond motifs is 1. The largest absolute Gasteiger partial charge is 0.496 e. The molecule has 0 radical (unpaired) electrons. The summed E-state index contributed by atoms with van der Waals surface area (Å²) < 4.78 is 30.2. The molecule has 2 aliphatic carbocycles. The highest BCUT2D eigenvalue weighted by atomic mass is 35.5. The SMILES string of the molecule is COc1cc(C(=O)NC2CCCCC2)ccc1-c1nccc(COc2ccccc2C[C@@H](Oc2nsc3cnc(C4CCC4)c(-c4ccc(OCCN5CCN(C)CC5)c(Cl)c4C)c23)C(=O)O)n1. The highest BCUT2D eigenvalue weighted by Crippen LogP contribution is 2.48. The molecule has 4 heterocycles. The van der Waals surface area contributed by atoms with Gasteiger partial charge in [-0.2, -0.15) is 4.37 Å². The van der Waals surface area contributed by atoms with Gasteiger partial charge in [-0.3, -0.25) is 14.7 Å². The van der Waals surface area contributed by atoms with Crippen LogP contribution < -0.4 is 24.3 Å². The van der Waals surface area contributed by atoms with Crippen LogP contribution >= 0.6 is 23.1 Å². The molecule has 1 atom stereocenters. The maximum Gasteiger partial charge on any atom is 0.345 e. The molecule has 3 fully saturated rings. The van der Waals surface area contributed by atoms with Gasteiger partial charge in [0, 0.05) is 74.6 Å². The van der Waals surface area contributed by atoms with Gasteiger partial charge in [-0.1, -0.05) is 61.5 Å². The molecule has 0 bridgehead atoms. The number of piperazine rings is 1. The number of carbonyl (C=O) groups excluding carboxylic acids is 1. The van der Waals surface area contributed by atoms with Crippen LogP contribution in [0.25, 0.3) is 32.6 Å². The summed E-state index contributed by atoms with van der Waals surface area (Å²) in [6.07, 6.45) is 10.7. The van der Waals surface area contributed by atoms with Gasteiger partial charge in [-0.25, -0.2) is 14.8 Å². The second kappa shape index (κ2) is 21.6. The Hall–Kier alpha value is -5.87. The van der Waals surface area contributed by atoms with E-state index >= 15 is 0 Å². The number of carbonyl (C=O) groups is 2. The van der Waals surface area contributed by atoms with Crippen LogP contribution in [-0.4, -0.2) is 112 Å². The zero-order valence-electron chi connectivity index (χ0n) is 38.8. The number of likely N-dealkylation sites (N-methyl/N-ethyl adjacent to an activating group) is 1. The van der Waals surface area contributed by atoms with Crippen molar-refractivity contribution in [1.29, 1.82) is 0 Å². The van der Waals surface area contributed by atoms with Gasteiger partial charge >= 0.3 is 5.97 Å². The Balaban J connectivity index is 0.920. The number of pyridine rings is 1. The number of hydrogen-bond acceptors (Lipinski definition) is 13. The summed E-state index contributed by atoms with van der Waals surface area (Å²) in [7, 11) is 3.70. The third-order valence-electron chi connectivity index (χ3n) is 13.5. The maximum atomic E-state index is 13.1. The van der Waals surface area contributed by atoms with Crippen LogP contribution in [0.3, 0.4) is 0 Å². The van der Waals surface area contributed by atoms with Gasteiger partial charge in [0.15, 0.2) is 5.82 Å². The van der Waals surface area contributed by atoms with Crippen molar-refractivity contribution in [3.8, 4) is 45.6 Å². The van der Waals surface area contributed by atoms with E-state index in [0.29, 0.717) is 57.1 Å². The zero-order valence-corrected chi connectivity index (χ0v) is 40.4. The number of benzene rings is 3. The second-order valence-corrected chi connectivity index (χ2v) is 19.2. The number of ether oxygens (including phenoxy) is 4. The van der Waals surface area contributed by atoms with Gasteiger partial charge in [-0.15, -0.1) is 0 Å². The van der Waals surface area contributed by atoms with E-state index in [1.165, 1.54) is 18.0 Å². The third-order valence-corrected chi connectivity index (χ3v) is 14.8. The standard InChI is InChI=1S/C52H58ClN7O7S/c1-32-38(18-19-41(47(32)53)65-27-26-60-24-22-59(2)23-25-60)45-46-44(30-55-48(45)33-11-9-12-33)68-58-51(46)67-43(52(62)63)28-34-10-7-8-15-40(34)66-31-37-20-21-54-49(56-37)39-17-16-35(29-42(39)64-3)50(61)57-36-13-5-4-6-14-36/h7-8,10,15-21,29-30,33,36,43H,4-6,9,11-14,22-28,31H2,1-3H3,(H,57,61)(H,62,63)/t43-/m1/s1. The quantitative estimate of drug-likeness (QED) is 0.0839. The number of para-hydroxylation sites is 1. The minimum Gasteiger partial charge on any atom is -0.496 e. The van der Waals surface area contributed by atoms with Gasteiger partial charge in [0.1, 0.15) is 30.5 Å². The fourth-order valence-corrected chi connectivity index (χ4v) is 10.2. The number of carboxylic acids is 1. The molecule has 2 N–H and O–H groups in total. The van der Waals surface area contributed by atoms with Crippen molar-refractivity contribution >= 4 is 45.1 Å². The molecule has 6 aromatic rings. The maximum absolute atomic E-state index is 13.1. The van der Waals surface area contributed by atoms with Gasteiger partial charge in [0.2, 0.25) is 12.0 Å². The molecule has 0 unspecified atom stereocenters. The Labute approximate surface area is 406 Å². The number of aliphatic carboxylic acids is 1. The van der Waals surface area contributed by atoms with Gasteiger partial charge in [0.25, 0.3) is 5.91 Å². The van der Waals surface area contributed by atoms with E-state index in [2.05, 4.69) is 27.1 Å². The van der Waals surface area contributed by atoms with Gasteiger partial charge in [0.05, 0.1) is 39.2 Å². The molecule has 1 saturated heterocycles. The van der Waals surface area contributed by atoms with Crippen LogP contribution in [0, 0.1) is 6.92 Å². The second-order valence-electron chi connectivity index (χ2n) is 18.1. The van der Waals surface area contributed by atoms with E-state index < -0.39 is 12.1 Å². The molecule has 16 heteroatoms. The monoisotopic (exact) mass is 959 g/mol. The van der Waals surface area contributed by atoms with E-state index in [1.54, 1.807) is 43.6 Å². The first-order valence-electron chi connectivity index (χ1n) is 23.7. The third kappa shape index (κ3) is 10.7. The Bertz CT molecular complexity index is 2750. The van der Waals surface area contributed by atoms with Gasteiger partial charge in [-0.05, 0) is 104 Å². The first-order valence-corrected chi connectivity index (χ1v) is 24.8. The molecular weight excluding hydrogens is 902 g/mol. The van der Waals surface area contributed by atoms with Crippen molar-refractivity contribution in [2.24, 2.45) is 0 Å². The Morgan fingerprint density at radius 3 is 2.47 bits per heavy atom. The molecule has 3 aromatic heterocycles. The molecule has 68 heavy (non-hydrogen) atoms. The Kier molecular flexibility index (Phi) is 15.0. The normalized spacial score (nSPS) is 16.5. The molecule has 14 nitrogen and oxygen atoms in total. The van der Waals surface area contributed by atoms with Crippen LogP contribution in [-0.2, 0) is 17.8 Å². The smallest absolute Gasteiger partial charge is 0.345 e. The van der Waals surface area contributed by atoms with Crippen molar-refractivity contribution < 1.29 is 33.6 Å². The molecule has 1 aliphatic heterocycles.